The molecular formula is C9H10BrN3S2. The number of hydrogen-bond acceptors (Lipinski definition) is 5. The first-order valence-corrected chi connectivity index (χ1v) is 7.01. The standard InChI is InChI=1S/C9H10BrN3S2/c1-2-5-11-9-12-8(13-15-9)6-3-4-7(10)14-6/h3-4H,2,5H2,1H3,(H,11,12,13). The molecule has 0 spiro atoms. The second-order valence-corrected chi connectivity index (χ2v) is 6.17. The molecule has 2 aromatic heterocycles. The highest BCUT2D eigenvalue weighted by Crippen LogP contribution is 2.30. The van der Waals surface area contributed by atoms with Crippen LogP contribution in [0.4, 0.5) is 5.13 Å². The van der Waals surface area contributed by atoms with Gasteiger partial charge in [0.2, 0.25) is 5.13 Å². The molecule has 0 fully saturated rings. The Bertz CT molecular complexity index is 438. The average molecular weight is 304 g/mol. The Hall–Kier alpha value is -0.460. The molecule has 0 aliphatic carbocycles. The first kappa shape index (κ1) is 11.0. The van der Waals surface area contributed by atoms with Crippen LogP contribution in [0, 0.1) is 0 Å². The summed E-state index contributed by atoms with van der Waals surface area (Å²) in [5.41, 5.74) is 0. The average Bonchev–Trinajstić information content (AvgIpc) is 2.83. The van der Waals surface area contributed by atoms with Crippen molar-refractivity contribution in [3.63, 3.8) is 0 Å². The van der Waals surface area contributed by atoms with E-state index in [1.807, 2.05) is 12.1 Å². The van der Waals surface area contributed by atoms with Gasteiger partial charge in [-0.05, 0) is 34.5 Å². The van der Waals surface area contributed by atoms with Gasteiger partial charge in [-0.3, -0.25) is 0 Å². The van der Waals surface area contributed by atoms with Crippen LogP contribution >= 0.6 is 38.8 Å². The van der Waals surface area contributed by atoms with E-state index in [1.54, 1.807) is 11.3 Å². The molecule has 2 heterocycles. The highest BCUT2D eigenvalue weighted by atomic mass is 79.9. The molecule has 2 aromatic rings. The minimum absolute atomic E-state index is 0.814. The lowest BCUT2D eigenvalue weighted by Crippen LogP contribution is -1.98. The predicted octanol–water partition coefficient (Wildman–Crippen LogP) is 3.85. The number of nitrogens with zero attached hydrogens (tertiary/aromatic N) is 2. The summed E-state index contributed by atoms with van der Waals surface area (Å²) in [5.74, 6) is 0.814. The molecule has 0 saturated carbocycles. The van der Waals surface area contributed by atoms with Gasteiger partial charge in [0.05, 0.1) is 8.66 Å². The molecular weight excluding hydrogens is 294 g/mol. The summed E-state index contributed by atoms with van der Waals surface area (Å²) in [5, 5.41) is 4.13. The van der Waals surface area contributed by atoms with Crippen molar-refractivity contribution in [1.82, 2.24) is 9.36 Å². The SMILES string of the molecule is CCCNc1nc(-c2ccc(Br)s2)ns1. The van der Waals surface area contributed by atoms with Gasteiger partial charge in [0.1, 0.15) is 0 Å². The van der Waals surface area contributed by atoms with Crippen LogP contribution in [0.25, 0.3) is 10.7 Å². The van der Waals surface area contributed by atoms with Crippen LogP contribution in [0.1, 0.15) is 13.3 Å². The van der Waals surface area contributed by atoms with Gasteiger partial charge in [-0.2, -0.15) is 9.36 Å². The van der Waals surface area contributed by atoms with Crippen molar-refractivity contribution in [2.45, 2.75) is 13.3 Å². The molecule has 0 amide bonds. The van der Waals surface area contributed by atoms with E-state index in [4.69, 9.17) is 0 Å². The first-order chi connectivity index (χ1) is 7.29. The molecule has 0 saturated heterocycles. The maximum Gasteiger partial charge on any atom is 0.202 e. The van der Waals surface area contributed by atoms with E-state index >= 15 is 0 Å². The minimum Gasteiger partial charge on any atom is -0.360 e. The van der Waals surface area contributed by atoms with Crippen molar-refractivity contribution in [3.8, 4) is 10.7 Å². The van der Waals surface area contributed by atoms with E-state index in [1.165, 1.54) is 11.5 Å². The van der Waals surface area contributed by atoms with Gasteiger partial charge in [0.15, 0.2) is 5.82 Å². The molecule has 0 aromatic carbocycles. The van der Waals surface area contributed by atoms with Crippen LogP contribution in [0.3, 0.4) is 0 Å². The topological polar surface area (TPSA) is 37.8 Å². The monoisotopic (exact) mass is 303 g/mol. The first-order valence-electron chi connectivity index (χ1n) is 4.63. The van der Waals surface area contributed by atoms with Gasteiger partial charge in [-0.25, -0.2) is 0 Å². The van der Waals surface area contributed by atoms with E-state index in [9.17, 15) is 0 Å². The number of thiophene rings is 1. The largest absolute Gasteiger partial charge is 0.360 e. The van der Waals surface area contributed by atoms with Gasteiger partial charge in [0.25, 0.3) is 0 Å². The van der Waals surface area contributed by atoms with Crippen molar-refractivity contribution in [3.05, 3.63) is 15.9 Å². The van der Waals surface area contributed by atoms with Crippen LogP contribution in [-0.2, 0) is 0 Å². The lowest BCUT2D eigenvalue weighted by atomic mass is 10.4. The van der Waals surface area contributed by atoms with Gasteiger partial charge < -0.3 is 5.32 Å². The number of nitrogens with one attached hydrogen (secondary N) is 1. The van der Waals surface area contributed by atoms with Crippen molar-refractivity contribution in [2.75, 3.05) is 11.9 Å². The van der Waals surface area contributed by atoms with E-state index < -0.39 is 0 Å². The Morgan fingerprint density at radius 1 is 1.47 bits per heavy atom. The Morgan fingerprint density at radius 3 is 3.00 bits per heavy atom. The van der Waals surface area contributed by atoms with Crippen LogP contribution in [-0.4, -0.2) is 15.9 Å². The molecule has 3 nitrogen and oxygen atoms in total. The number of halogens is 1. The van der Waals surface area contributed by atoms with Crippen LogP contribution in [0.2, 0.25) is 0 Å². The van der Waals surface area contributed by atoms with Gasteiger partial charge in [-0.1, -0.05) is 6.92 Å². The second kappa shape index (κ2) is 5.05. The van der Waals surface area contributed by atoms with Gasteiger partial charge in [0, 0.05) is 18.1 Å². The summed E-state index contributed by atoms with van der Waals surface area (Å²) >= 11 is 6.49. The molecule has 0 unspecified atom stereocenters. The molecule has 0 aliphatic heterocycles. The van der Waals surface area contributed by atoms with E-state index in [0.29, 0.717) is 0 Å². The number of aromatic nitrogens is 2. The lowest BCUT2D eigenvalue weighted by molar-refractivity contribution is 0.976. The molecule has 0 bridgehead atoms. The van der Waals surface area contributed by atoms with Crippen molar-refractivity contribution in [1.29, 1.82) is 0 Å². The molecule has 1 N–H and O–H groups in total. The van der Waals surface area contributed by atoms with E-state index in [2.05, 4.69) is 37.5 Å². The summed E-state index contributed by atoms with van der Waals surface area (Å²) in [7, 11) is 0. The summed E-state index contributed by atoms with van der Waals surface area (Å²) in [6.07, 6.45) is 1.10. The molecule has 15 heavy (non-hydrogen) atoms. The van der Waals surface area contributed by atoms with E-state index in [-0.39, 0.29) is 0 Å². The van der Waals surface area contributed by atoms with Crippen LogP contribution in [0.5, 0.6) is 0 Å². The zero-order chi connectivity index (χ0) is 10.7. The second-order valence-electron chi connectivity index (χ2n) is 2.95. The van der Waals surface area contributed by atoms with Crippen molar-refractivity contribution in [2.24, 2.45) is 0 Å². The summed E-state index contributed by atoms with van der Waals surface area (Å²) < 4.78 is 5.42. The molecule has 2 rings (SSSR count). The Morgan fingerprint density at radius 2 is 2.33 bits per heavy atom. The van der Waals surface area contributed by atoms with Gasteiger partial charge in [-0.15, -0.1) is 11.3 Å². The number of hydrogen-bond donors (Lipinski definition) is 1. The Balaban J connectivity index is 2.13. The predicted molar refractivity (Wildman–Crippen MR) is 69.7 cm³/mol. The third-order valence-electron chi connectivity index (χ3n) is 1.75. The third-order valence-corrected chi connectivity index (χ3v) is 4.04. The molecule has 0 atom stereocenters. The minimum atomic E-state index is 0.814. The third kappa shape index (κ3) is 2.76. The van der Waals surface area contributed by atoms with E-state index in [0.717, 1.165) is 32.6 Å². The fourth-order valence-corrected chi connectivity index (χ4v) is 3.05. The molecule has 0 radical (unpaired) electrons. The molecule has 80 valence electrons. The summed E-state index contributed by atoms with van der Waals surface area (Å²) in [4.78, 5) is 5.52. The quantitative estimate of drug-likeness (QED) is 0.932. The maximum absolute atomic E-state index is 4.42. The number of rotatable bonds is 4. The Labute approximate surface area is 105 Å². The van der Waals surface area contributed by atoms with Crippen molar-refractivity contribution >= 4 is 43.9 Å². The highest BCUT2D eigenvalue weighted by Gasteiger charge is 2.07. The lowest BCUT2D eigenvalue weighted by Gasteiger charge is -1.95. The fraction of sp³-hybridized carbons (Fsp3) is 0.333. The highest BCUT2D eigenvalue weighted by molar-refractivity contribution is 9.11. The van der Waals surface area contributed by atoms with Crippen LogP contribution < -0.4 is 5.32 Å². The fourth-order valence-electron chi connectivity index (χ4n) is 1.06. The van der Waals surface area contributed by atoms with Gasteiger partial charge >= 0.3 is 0 Å². The molecule has 0 aliphatic rings. The van der Waals surface area contributed by atoms with Crippen molar-refractivity contribution < 1.29 is 0 Å². The smallest absolute Gasteiger partial charge is 0.202 e. The summed E-state index contributed by atoms with van der Waals surface area (Å²) in [6, 6.07) is 4.04. The molecule has 6 heteroatoms. The van der Waals surface area contributed by atoms with Crippen LogP contribution in [0.15, 0.2) is 15.9 Å². The normalized spacial score (nSPS) is 10.5. The summed E-state index contributed by atoms with van der Waals surface area (Å²) in [6.45, 7) is 3.08. The zero-order valence-electron chi connectivity index (χ0n) is 8.16. The zero-order valence-corrected chi connectivity index (χ0v) is 11.4. The Kier molecular flexibility index (Phi) is 3.71. The maximum atomic E-state index is 4.42. The number of anilines is 1.